The van der Waals surface area contributed by atoms with E-state index in [1.165, 1.54) is 0 Å². The fraction of sp³-hybridized carbons (Fsp3) is 0.571. The molecule has 202 valence electrons. The molecular formula is C28H58Si8. The highest BCUT2D eigenvalue weighted by molar-refractivity contribution is 8.04. The fourth-order valence-corrected chi connectivity index (χ4v) is 238. The molecule has 0 spiro atoms. The molecule has 0 nitrogen and oxygen atoms in total. The Morgan fingerprint density at radius 1 is 0.278 bits per heavy atom. The van der Waals surface area contributed by atoms with E-state index in [1.54, 1.807) is 10.4 Å². The van der Waals surface area contributed by atoms with E-state index >= 15 is 0 Å². The highest BCUT2D eigenvalue weighted by Crippen LogP contribution is 2.45. The zero-order valence-corrected chi connectivity index (χ0v) is 34.8. The van der Waals surface area contributed by atoms with Gasteiger partial charge in [0.1, 0.15) is 0 Å². The fourth-order valence-electron chi connectivity index (χ4n) is 7.12. The lowest BCUT2D eigenvalue weighted by Gasteiger charge is -2.65. The molecule has 2 rings (SSSR count). The van der Waals surface area contributed by atoms with Gasteiger partial charge < -0.3 is 0 Å². The standard InChI is InChI=1S/C28H58Si8/c1-29(2,27-23-19-17-20-24-27)31(5,6)33(9,10)35(13,14)36(15,16)34(11,12)32(7,8)30(3,4)28-25-21-18-22-26-28/h17-26H,1-16H3. The Kier molecular flexibility index (Phi) is 8.97. The van der Waals surface area contributed by atoms with Crippen LogP contribution in [0.5, 0.6) is 0 Å². The van der Waals surface area contributed by atoms with Crippen LogP contribution >= 0.6 is 0 Å². The Bertz CT molecular complexity index is 950. The van der Waals surface area contributed by atoms with Gasteiger partial charge in [-0.25, -0.2) is 0 Å². The zero-order chi connectivity index (χ0) is 28.2. The van der Waals surface area contributed by atoms with E-state index in [-0.39, 0.29) is 0 Å². The van der Waals surface area contributed by atoms with Crippen molar-refractivity contribution >= 4 is 68.2 Å². The van der Waals surface area contributed by atoms with Crippen molar-refractivity contribution in [3.63, 3.8) is 0 Å². The minimum atomic E-state index is -1.53. The number of hydrogen-bond acceptors (Lipinski definition) is 0. The van der Waals surface area contributed by atoms with Crippen LogP contribution in [0.25, 0.3) is 0 Å². The molecule has 0 fully saturated rings. The predicted octanol–water partition coefficient (Wildman–Crippen LogP) is 8.02. The summed E-state index contributed by atoms with van der Waals surface area (Å²) in [6.45, 7) is 45.8. The Labute approximate surface area is 232 Å². The third kappa shape index (κ3) is 4.52. The summed E-state index contributed by atoms with van der Waals surface area (Å²) in [5.41, 5.74) is 0. The van der Waals surface area contributed by atoms with Gasteiger partial charge in [0.25, 0.3) is 0 Å². The summed E-state index contributed by atoms with van der Waals surface area (Å²) in [6, 6.07) is 23.5. The Balaban J connectivity index is 2.66. The van der Waals surface area contributed by atoms with Gasteiger partial charge in [-0.2, -0.15) is 0 Å². The first-order valence-corrected chi connectivity index (χ1v) is 45.1. The topological polar surface area (TPSA) is 0 Å². The van der Waals surface area contributed by atoms with Crippen LogP contribution < -0.4 is 10.4 Å². The van der Waals surface area contributed by atoms with Crippen LogP contribution in [0.3, 0.4) is 0 Å². The molecule has 0 unspecified atom stereocenters. The van der Waals surface area contributed by atoms with Crippen molar-refractivity contribution in [1.82, 2.24) is 0 Å². The zero-order valence-electron chi connectivity index (χ0n) is 26.8. The van der Waals surface area contributed by atoms with Crippen molar-refractivity contribution in [2.45, 2.75) is 105 Å². The van der Waals surface area contributed by atoms with E-state index in [1.807, 2.05) is 0 Å². The molecule has 0 aliphatic rings. The van der Waals surface area contributed by atoms with E-state index in [2.05, 4.69) is 165 Å². The van der Waals surface area contributed by atoms with Gasteiger partial charge in [-0.15, -0.1) is 0 Å². The normalized spacial score (nSPS) is 15.2. The summed E-state index contributed by atoms with van der Waals surface area (Å²) in [4.78, 5) is 0. The van der Waals surface area contributed by atoms with Crippen molar-refractivity contribution in [3.05, 3.63) is 60.7 Å². The maximum absolute atomic E-state index is 2.94. The molecule has 2 aromatic carbocycles. The van der Waals surface area contributed by atoms with E-state index in [4.69, 9.17) is 0 Å². The lowest BCUT2D eigenvalue weighted by molar-refractivity contribution is 1.69. The first-order chi connectivity index (χ1) is 16.0. The largest absolute Gasteiger partial charge is 0.0735 e. The third-order valence-electron chi connectivity index (χ3n) is 13.9. The molecule has 0 atom stereocenters. The molecule has 8 heteroatoms. The predicted molar refractivity (Wildman–Crippen MR) is 192 cm³/mol. The second-order valence-electron chi connectivity index (χ2n) is 15.7. The van der Waals surface area contributed by atoms with E-state index in [0.717, 1.165) is 0 Å². The van der Waals surface area contributed by atoms with Crippen molar-refractivity contribution in [1.29, 1.82) is 0 Å². The summed E-state index contributed by atoms with van der Waals surface area (Å²) in [5.74, 6) is 0. The molecule has 0 radical (unpaired) electrons. The molecule has 0 aromatic heterocycles. The number of rotatable bonds is 9. The average Bonchev–Trinajstić information content (AvgIpc) is 2.79. The van der Waals surface area contributed by atoms with Crippen molar-refractivity contribution in [2.24, 2.45) is 0 Å². The van der Waals surface area contributed by atoms with Crippen LogP contribution in [0.1, 0.15) is 0 Å². The Hall–Kier alpha value is 0.175. The Morgan fingerprint density at radius 3 is 0.694 bits per heavy atom. The smallest absolute Gasteiger partial charge is 0.0711 e. The van der Waals surface area contributed by atoms with Crippen LogP contribution in [0, 0.1) is 0 Å². The van der Waals surface area contributed by atoms with E-state index < -0.39 is 57.8 Å². The molecule has 2 aromatic rings. The second kappa shape index (κ2) is 9.98. The van der Waals surface area contributed by atoms with Crippen LogP contribution in [-0.4, -0.2) is 57.8 Å². The van der Waals surface area contributed by atoms with Crippen LogP contribution in [0.2, 0.25) is 105 Å². The molecular weight excluding hydrogens is 561 g/mol. The van der Waals surface area contributed by atoms with Crippen molar-refractivity contribution < 1.29 is 0 Å². The minimum Gasteiger partial charge on any atom is -0.0735 e. The van der Waals surface area contributed by atoms with Gasteiger partial charge in [-0.1, -0.05) is 176 Å². The molecule has 36 heavy (non-hydrogen) atoms. The highest BCUT2D eigenvalue weighted by Gasteiger charge is 2.69. The molecule has 0 saturated carbocycles. The molecule has 0 bridgehead atoms. The number of hydrogen-bond donors (Lipinski definition) is 0. The summed E-state index contributed by atoms with van der Waals surface area (Å²) in [6.07, 6.45) is 0. The van der Waals surface area contributed by atoms with Gasteiger partial charge in [-0.05, 0) is 0 Å². The molecule has 0 aliphatic heterocycles. The summed E-state index contributed by atoms with van der Waals surface area (Å²) in [7, 11) is -11.9. The lowest BCUT2D eigenvalue weighted by atomic mass is 10.4. The van der Waals surface area contributed by atoms with E-state index in [9.17, 15) is 0 Å². The molecule has 0 aliphatic carbocycles. The molecule has 0 N–H and O–H groups in total. The van der Waals surface area contributed by atoms with Gasteiger partial charge >= 0.3 is 0 Å². The molecule has 0 saturated heterocycles. The maximum atomic E-state index is 2.94. The van der Waals surface area contributed by atoms with E-state index in [0.29, 0.717) is 0 Å². The minimum absolute atomic E-state index is 1.47. The Morgan fingerprint density at radius 2 is 0.472 bits per heavy atom. The molecule has 0 amide bonds. The quantitative estimate of drug-likeness (QED) is 0.250. The highest BCUT2D eigenvalue weighted by atomic mass is 30.1. The van der Waals surface area contributed by atoms with Crippen LogP contribution in [-0.2, 0) is 0 Å². The third-order valence-corrected chi connectivity index (χ3v) is 185. The van der Waals surface area contributed by atoms with Gasteiger partial charge in [0, 0.05) is 42.7 Å². The second-order valence-corrected chi connectivity index (χ2v) is 104. The van der Waals surface area contributed by atoms with Crippen LogP contribution in [0.15, 0.2) is 60.7 Å². The average molecular weight is 619 g/mol. The van der Waals surface area contributed by atoms with Crippen molar-refractivity contribution in [3.8, 4) is 0 Å². The van der Waals surface area contributed by atoms with Gasteiger partial charge in [0.2, 0.25) is 0 Å². The van der Waals surface area contributed by atoms with Gasteiger partial charge in [-0.3, -0.25) is 0 Å². The number of benzene rings is 2. The SMILES string of the molecule is C[Si](C)(c1ccccc1)[Si](C)(C)[Si](C)(C)[Si](C)(C)[Si](C)(C)[Si](C)(C)[Si](C)(C)[Si](C)(C)c1ccccc1. The summed E-state index contributed by atoms with van der Waals surface area (Å²) >= 11 is 0. The summed E-state index contributed by atoms with van der Waals surface area (Å²) < 4.78 is 0. The molecule has 0 heterocycles. The first kappa shape index (κ1) is 32.4. The maximum Gasteiger partial charge on any atom is 0.0711 e. The van der Waals surface area contributed by atoms with Gasteiger partial charge in [0.15, 0.2) is 0 Å². The summed E-state index contributed by atoms with van der Waals surface area (Å²) in [5, 5.41) is 3.44. The van der Waals surface area contributed by atoms with Crippen molar-refractivity contribution in [2.75, 3.05) is 0 Å². The van der Waals surface area contributed by atoms with Crippen LogP contribution in [0.4, 0.5) is 0 Å². The monoisotopic (exact) mass is 618 g/mol. The van der Waals surface area contributed by atoms with Gasteiger partial charge in [0.05, 0.1) is 15.2 Å². The first-order valence-electron chi connectivity index (χ1n) is 14.1. The lowest BCUT2D eigenvalue weighted by Crippen LogP contribution is -2.93.